The maximum atomic E-state index is 10.2. The maximum absolute atomic E-state index is 10.2. The third-order valence-electron chi connectivity index (χ3n) is 2.29. The van der Waals surface area contributed by atoms with E-state index in [1.807, 2.05) is 0 Å². The third-order valence-corrected chi connectivity index (χ3v) is 2.29. The van der Waals surface area contributed by atoms with Crippen molar-refractivity contribution in [1.29, 1.82) is 0 Å². The van der Waals surface area contributed by atoms with Gasteiger partial charge in [-0.15, -0.1) is 0 Å². The van der Waals surface area contributed by atoms with Crippen LogP contribution in [0.3, 0.4) is 0 Å². The van der Waals surface area contributed by atoms with E-state index in [9.17, 15) is 4.79 Å². The summed E-state index contributed by atoms with van der Waals surface area (Å²) in [6.07, 6.45) is 5.79. The largest absolute Gasteiger partial charge is 0.481 e. The van der Waals surface area contributed by atoms with Crippen molar-refractivity contribution in [3.63, 3.8) is 0 Å². The molecule has 0 aliphatic carbocycles. The van der Waals surface area contributed by atoms with Crippen molar-refractivity contribution >= 4 is 5.97 Å². The van der Waals surface area contributed by atoms with E-state index in [-0.39, 0.29) is 6.42 Å². The number of rotatable bonds is 12. The van der Waals surface area contributed by atoms with Crippen LogP contribution in [-0.4, -0.2) is 30.8 Å². The van der Waals surface area contributed by atoms with Crippen molar-refractivity contribution in [1.82, 2.24) is 0 Å². The monoisotopic (exact) mass is 243 g/mol. The summed E-state index contributed by atoms with van der Waals surface area (Å²) in [6.45, 7) is 1.95. The van der Waals surface area contributed by atoms with Crippen molar-refractivity contribution in [2.75, 3.05) is 19.8 Å². The molecule has 0 saturated heterocycles. The van der Waals surface area contributed by atoms with Crippen LogP contribution in [0.1, 0.15) is 44.9 Å². The first kappa shape index (κ1) is 15.7. The molecular formula is C11H21N3O3. The van der Waals surface area contributed by atoms with Gasteiger partial charge in [0.05, 0.1) is 0 Å². The van der Waals surface area contributed by atoms with Crippen molar-refractivity contribution in [2.45, 2.75) is 44.9 Å². The number of carbonyl (C=O) groups is 1. The van der Waals surface area contributed by atoms with Crippen LogP contribution in [0.5, 0.6) is 0 Å². The summed E-state index contributed by atoms with van der Waals surface area (Å²) in [5.74, 6) is -0.745. The maximum Gasteiger partial charge on any atom is 0.303 e. The summed E-state index contributed by atoms with van der Waals surface area (Å²) in [4.78, 5) is 12.9. The molecule has 0 amide bonds. The SMILES string of the molecule is [N-]=[N+]=NCCCCCCOCCCCC(=O)O. The van der Waals surface area contributed by atoms with E-state index in [1.165, 1.54) is 0 Å². The highest BCUT2D eigenvalue weighted by Gasteiger charge is 1.96. The normalized spacial score (nSPS) is 9.88. The molecule has 0 aromatic heterocycles. The second kappa shape index (κ2) is 12.8. The van der Waals surface area contributed by atoms with Crippen LogP contribution in [0.15, 0.2) is 5.11 Å². The number of hydrogen-bond donors (Lipinski definition) is 1. The standard InChI is InChI=1S/C11H21N3O3/c12-14-13-8-4-1-2-5-9-17-10-6-3-7-11(15)16/h1-10H2,(H,15,16). The van der Waals surface area contributed by atoms with Gasteiger partial charge in [-0.25, -0.2) is 0 Å². The molecule has 0 unspecified atom stereocenters. The molecular weight excluding hydrogens is 222 g/mol. The molecule has 0 bridgehead atoms. The number of carboxylic acids is 1. The lowest BCUT2D eigenvalue weighted by Crippen LogP contribution is -1.99. The molecule has 0 fully saturated rings. The molecule has 0 aromatic carbocycles. The van der Waals surface area contributed by atoms with Crippen LogP contribution in [0.2, 0.25) is 0 Å². The number of hydrogen-bond acceptors (Lipinski definition) is 3. The average molecular weight is 243 g/mol. The lowest BCUT2D eigenvalue weighted by Gasteiger charge is -2.03. The number of unbranched alkanes of at least 4 members (excludes halogenated alkanes) is 4. The molecule has 0 aromatic rings. The molecule has 6 heteroatoms. The second-order valence-electron chi connectivity index (χ2n) is 3.83. The Hall–Kier alpha value is -1.26. The summed E-state index contributed by atoms with van der Waals surface area (Å²) >= 11 is 0. The topological polar surface area (TPSA) is 95.3 Å². The van der Waals surface area contributed by atoms with Gasteiger partial charge in [0, 0.05) is 31.1 Å². The number of ether oxygens (including phenoxy) is 1. The van der Waals surface area contributed by atoms with E-state index in [2.05, 4.69) is 10.0 Å². The Bertz CT molecular complexity index is 230. The number of carboxylic acid groups (broad SMARTS) is 1. The molecule has 0 aliphatic heterocycles. The van der Waals surface area contributed by atoms with Crippen LogP contribution in [0.25, 0.3) is 10.4 Å². The van der Waals surface area contributed by atoms with Crippen LogP contribution in [0, 0.1) is 0 Å². The molecule has 0 spiro atoms. The quantitative estimate of drug-likeness (QED) is 0.247. The molecule has 0 radical (unpaired) electrons. The summed E-state index contributed by atoms with van der Waals surface area (Å²) in [5.41, 5.74) is 8.05. The van der Waals surface area contributed by atoms with Gasteiger partial charge in [0.2, 0.25) is 0 Å². The zero-order valence-corrected chi connectivity index (χ0v) is 10.2. The zero-order valence-electron chi connectivity index (χ0n) is 10.2. The van der Waals surface area contributed by atoms with E-state index in [0.29, 0.717) is 19.6 Å². The second-order valence-corrected chi connectivity index (χ2v) is 3.83. The first-order valence-corrected chi connectivity index (χ1v) is 6.07. The lowest BCUT2D eigenvalue weighted by atomic mass is 10.2. The molecule has 0 rings (SSSR count). The van der Waals surface area contributed by atoms with Crippen molar-refractivity contribution in [3.8, 4) is 0 Å². The molecule has 1 N–H and O–H groups in total. The van der Waals surface area contributed by atoms with Crippen molar-refractivity contribution < 1.29 is 14.6 Å². The van der Waals surface area contributed by atoms with E-state index in [4.69, 9.17) is 15.4 Å². The Morgan fingerprint density at radius 3 is 2.41 bits per heavy atom. The molecule has 17 heavy (non-hydrogen) atoms. The number of aliphatic carboxylic acids is 1. The zero-order chi connectivity index (χ0) is 12.8. The van der Waals surface area contributed by atoms with Gasteiger partial charge in [0.15, 0.2) is 0 Å². The average Bonchev–Trinajstić information content (AvgIpc) is 2.30. The summed E-state index contributed by atoms with van der Waals surface area (Å²) in [5, 5.41) is 11.9. The first-order chi connectivity index (χ1) is 8.27. The Labute approximate surface area is 102 Å². The van der Waals surface area contributed by atoms with Gasteiger partial charge in [-0.1, -0.05) is 18.0 Å². The van der Waals surface area contributed by atoms with Gasteiger partial charge >= 0.3 is 5.97 Å². The number of nitrogens with zero attached hydrogens (tertiary/aromatic N) is 3. The minimum atomic E-state index is -0.745. The molecule has 0 atom stereocenters. The summed E-state index contributed by atoms with van der Waals surface area (Å²) in [6, 6.07) is 0. The van der Waals surface area contributed by atoms with Gasteiger partial charge in [0.1, 0.15) is 0 Å². The Morgan fingerprint density at radius 1 is 1.12 bits per heavy atom. The highest BCUT2D eigenvalue weighted by Crippen LogP contribution is 2.01. The Kier molecular flexibility index (Phi) is 11.9. The molecule has 0 aliphatic rings. The first-order valence-electron chi connectivity index (χ1n) is 6.07. The van der Waals surface area contributed by atoms with E-state index >= 15 is 0 Å². The van der Waals surface area contributed by atoms with Gasteiger partial charge < -0.3 is 9.84 Å². The highest BCUT2D eigenvalue weighted by molar-refractivity contribution is 5.66. The fourth-order valence-electron chi connectivity index (χ4n) is 1.37. The van der Waals surface area contributed by atoms with E-state index in [0.717, 1.165) is 38.7 Å². The van der Waals surface area contributed by atoms with Gasteiger partial charge in [-0.05, 0) is 31.2 Å². The van der Waals surface area contributed by atoms with Gasteiger partial charge in [-0.2, -0.15) is 0 Å². The van der Waals surface area contributed by atoms with Crippen LogP contribution in [0.4, 0.5) is 0 Å². The van der Waals surface area contributed by atoms with E-state index in [1.54, 1.807) is 0 Å². The van der Waals surface area contributed by atoms with Gasteiger partial charge in [0.25, 0.3) is 0 Å². The predicted molar refractivity (Wildman–Crippen MR) is 64.8 cm³/mol. The van der Waals surface area contributed by atoms with Crippen LogP contribution >= 0.6 is 0 Å². The molecule has 0 saturated carbocycles. The summed E-state index contributed by atoms with van der Waals surface area (Å²) < 4.78 is 5.37. The minimum absolute atomic E-state index is 0.225. The Balaban J connectivity index is 2.98. The molecule has 98 valence electrons. The van der Waals surface area contributed by atoms with Crippen molar-refractivity contribution in [2.24, 2.45) is 5.11 Å². The molecule has 0 heterocycles. The highest BCUT2D eigenvalue weighted by atomic mass is 16.5. The fraction of sp³-hybridized carbons (Fsp3) is 0.909. The van der Waals surface area contributed by atoms with Crippen LogP contribution in [-0.2, 0) is 9.53 Å². The smallest absolute Gasteiger partial charge is 0.303 e. The van der Waals surface area contributed by atoms with E-state index < -0.39 is 5.97 Å². The summed E-state index contributed by atoms with van der Waals surface area (Å²) in [7, 11) is 0. The fourth-order valence-corrected chi connectivity index (χ4v) is 1.37. The third kappa shape index (κ3) is 14.7. The minimum Gasteiger partial charge on any atom is -0.481 e. The van der Waals surface area contributed by atoms with Crippen LogP contribution < -0.4 is 0 Å². The lowest BCUT2D eigenvalue weighted by molar-refractivity contribution is -0.137. The Morgan fingerprint density at radius 2 is 1.76 bits per heavy atom. The number of azide groups is 1. The van der Waals surface area contributed by atoms with Crippen molar-refractivity contribution in [3.05, 3.63) is 10.4 Å². The molecule has 6 nitrogen and oxygen atoms in total. The van der Waals surface area contributed by atoms with Gasteiger partial charge in [-0.3, -0.25) is 4.79 Å². The predicted octanol–water partition coefficient (Wildman–Crippen LogP) is 3.13.